The summed E-state index contributed by atoms with van der Waals surface area (Å²) < 4.78 is 41.5. The lowest BCUT2D eigenvalue weighted by molar-refractivity contribution is -0.146. The molecule has 0 radical (unpaired) electrons. The predicted octanol–water partition coefficient (Wildman–Crippen LogP) is 6.96. The van der Waals surface area contributed by atoms with Gasteiger partial charge in [-0.1, -0.05) is 79.9 Å². The van der Waals surface area contributed by atoms with E-state index in [2.05, 4.69) is 39.2 Å². The van der Waals surface area contributed by atoms with Gasteiger partial charge in [-0.2, -0.15) is 18.3 Å². The predicted molar refractivity (Wildman–Crippen MR) is 168 cm³/mol. The van der Waals surface area contributed by atoms with E-state index >= 15 is 0 Å². The van der Waals surface area contributed by atoms with Gasteiger partial charge in [0.1, 0.15) is 12.6 Å². The van der Waals surface area contributed by atoms with Crippen molar-refractivity contribution in [2.45, 2.75) is 82.0 Å². The van der Waals surface area contributed by atoms with Gasteiger partial charge < -0.3 is 10.0 Å². The number of aromatic nitrogens is 2. The van der Waals surface area contributed by atoms with Gasteiger partial charge in [-0.25, -0.2) is 0 Å². The second-order valence-corrected chi connectivity index (χ2v) is 13.5. The summed E-state index contributed by atoms with van der Waals surface area (Å²) in [4.78, 5) is 17.3. The average molecular weight is 623 g/mol. The van der Waals surface area contributed by atoms with Crippen LogP contribution in [0.1, 0.15) is 79.3 Å². The first-order valence-electron chi connectivity index (χ1n) is 16.6. The quantitative estimate of drug-likeness (QED) is 0.265. The van der Waals surface area contributed by atoms with Gasteiger partial charge in [-0.05, 0) is 67.8 Å². The van der Waals surface area contributed by atoms with E-state index in [4.69, 9.17) is 0 Å². The van der Waals surface area contributed by atoms with Gasteiger partial charge in [-0.15, -0.1) is 0 Å². The molecule has 242 valence electrons. The van der Waals surface area contributed by atoms with Gasteiger partial charge in [0, 0.05) is 43.6 Å². The first-order valence-corrected chi connectivity index (χ1v) is 16.6. The third-order valence-electron chi connectivity index (χ3n) is 10.4. The fraction of sp³-hybridized carbons (Fsp3) is 0.556. The lowest BCUT2D eigenvalue weighted by Gasteiger charge is -2.35. The summed E-state index contributed by atoms with van der Waals surface area (Å²) in [6, 6.07) is 21.6. The summed E-state index contributed by atoms with van der Waals surface area (Å²) in [5.41, 5.74) is 3.60. The minimum atomic E-state index is -4.33. The highest BCUT2D eigenvalue weighted by atomic mass is 19.4. The molecule has 3 aliphatic rings. The molecule has 0 amide bonds. The molecule has 2 saturated heterocycles. The van der Waals surface area contributed by atoms with Crippen molar-refractivity contribution in [3.63, 3.8) is 0 Å². The molecular formula is C36H45F3N4O2. The van der Waals surface area contributed by atoms with Crippen molar-refractivity contribution in [2.75, 3.05) is 32.7 Å². The molecular weight excluding hydrogens is 577 g/mol. The number of rotatable bonds is 10. The van der Waals surface area contributed by atoms with E-state index in [9.17, 15) is 23.1 Å². The number of hydrogen-bond donors (Lipinski definition) is 1. The van der Waals surface area contributed by atoms with Gasteiger partial charge in [-0.3, -0.25) is 14.4 Å². The van der Waals surface area contributed by atoms with Gasteiger partial charge in [0.25, 0.3) is 0 Å². The van der Waals surface area contributed by atoms with E-state index in [1.807, 2.05) is 42.5 Å². The van der Waals surface area contributed by atoms with Crippen LogP contribution in [0, 0.1) is 11.8 Å². The SMILES string of the molecule is O=C(O)C(C1CCCCC1)N1CC(CN2CCC(c3cc(Cc4ccccc4)n(CC(F)(F)F)n3)CC2)C(c2ccccc2)C1. The topological polar surface area (TPSA) is 61.6 Å². The Kier molecular flexibility index (Phi) is 9.95. The summed E-state index contributed by atoms with van der Waals surface area (Å²) in [6.45, 7) is 3.06. The molecule has 9 heteroatoms. The molecule has 3 aromatic rings. The second-order valence-electron chi connectivity index (χ2n) is 13.5. The molecule has 2 aliphatic heterocycles. The maximum absolute atomic E-state index is 13.4. The number of carboxylic acid groups (broad SMARTS) is 1. The third-order valence-corrected chi connectivity index (χ3v) is 10.4. The Balaban J connectivity index is 1.13. The maximum atomic E-state index is 13.4. The number of alkyl halides is 3. The summed E-state index contributed by atoms with van der Waals surface area (Å²) >= 11 is 0. The van der Waals surface area contributed by atoms with E-state index in [1.165, 1.54) is 12.0 Å². The molecule has 0 spiro atoms. The number of carboxylic acids is 1. The number of likely N-dealkylation sites (tertiary alicyclic amines) is 2. The Hall–Kier alpha value is -3.17. The van der Waals surface area contributed by atoms with Crippen LogP contribution in [0.15, 0.2) is 66.7 Å². The van der Waals surface area contributed by atoms with Crippen LogP contribution in [-0.4, -0.2) is 75.6 Å². The molecule has 1 aromatic heterocycles. The molecule has 1 N–H and O–H groups in total. The lowest BCUT2D eigenvalue weighted by atomic mass is 9.83. The smallest absolute Gasteiger partial charge is 0.408 e. The number of benzene rings is 2. The van der Waals surface area contributed by atoms with Crippen molar-refractivity contribution in [3.05, 3.63) is 89.2 Å². The van der Waals surface area contributed by atoms with Crippen LogP contribution < -0.4 is 0 Å². The zero-order valence-corrected chi connectivity index (χ0v) is 25.9. The van der Waals surface area contributed by atoms with E-state index in [-0.39, 0.29) is 17.8 Å². The highest BCUT2D eigenvalue weighted by molar-refractivity contribution is 5.74. The van der Waals surface area contributed by atoms with Crippen LogP contribution in [0.2, 0.25) is 0 Å². The highest BCUT2D eigenvalue weighted by Gasteiger charge is 2.43. The molecule has 3 atom stereocenters. The Morgan fingerprint density at radius 3 is 2.22 bits per heavy atom. The maximum Gasteiger partial charge on any atom is 0.408 e. The Labute approximate surface area is 264 Å². The van der Waals surface area contributed by atoms with E-state index < -0.39 is 24.7 Å². The van der Waals surface area contributed by atoms with Crippen molar-refractivity contribution < 1.29 is 23.1 Å². The van der Waals surface area contributed by atoms with E-state index in [1.54, 1.807) is 0 Å². The summed E-state index contributed by atoms with van der Waals surface area (Å²) in [6.07, 6.45) is 3.20. The molecule has 0 bridgehead atoms. The zero-order chi connectivity index (χ0) is 31.4. The van der Waals surface area contributed by atoms with Crippen LogP contribution in [0.3, 0.4) is 0 Å². The van der Waals surface area contributed by atoms with Crippen molar-refractivity contribution in [2.24, 2.45) is 11.8 Å². The molecule has 1 saturated carbocycles. The van der Waals surface area contributed by atoms with Crippen LogP contribution in [0.25, 0.3) is 0 Å². The number of piperidine rings is 1. The minimum Gasteiger partial charge on any atom is -0.480 e. The Morgan fingerprint density at radius 1 is 0.911 bits per heavy atom. The molecule has 3 fully saturated rings. The van der Waals surface area contributed by atoms with Crippen molar-refractivity contribution in [1.82, 2.24) is 19.6 Å². The van der Waals surface area contributed by atoms with Crippen LogP contribution in [-0.2, 0) is 17.8 Å². The lowest BCUT2D eigenvalue weighted by Crippen LogP contribution is -2.46. The average Bonchev–Trinajstić information content (AvgIpc) is 3.61. The number of halogens is 3. The fourth-order valence-corrected chi connectivity index (χ4v) is 8.17. The highest BCUT2D eigenvalue weighted by Crippen LogP contribution is 2.39. The summed E-state index contributed by atoms with van der Waals surface area (Å²) in [7, 11) is 0. The molecule has 6 nitrogen and oxygen atoms in total. The minimum absolute atomic E-state index is 0.123. The van der Waals surface area contributed by atoms with E-state index in [0.717, 1.165) is 87.2 Å². The van der Waals surface area contributed by atoms with Gasteiger partial charge in [0.05, 0.1) is 5.69 Å². The molecule has 3 heterocycles. The monoisotopic (exact) mass is 622 g/mol. The third kappa shape index (κ3) is 7.98. The standard InChI is InChI=1S/C36H45F3N4O2/c37-36(38,39)25-43-31(20-26-10-4-1-5-11-26)21-33(40-43)28-16-18-41(19-17-28)22-30-23-42(24-32(30)27-12-6-2-7-13-27)34(35(44)45)29-14-8-3-9-15-29/h1-2,4-7,10-13,21,28-30,32,34H,3,8-9,14-20,22-25H2,(H,44,45). The Morgan fingerprint density at radius 2 is 1.58 bits per heavy atom. The number of hydrogen-bond acceptors (Lipinski definition) is 4. The first kappa shape index (κ1) is 31.8. The Bertz CT molecular complexity index is 1380. The number of aliphatic carboxylic acids is 1. The van der Waals surface area contributed by atoms with Gasteiger partial charge in [0.15, 0.2) is 0 Å². The largest absolute Gasteiger partial charge is 0.480 e. The van der Waals surface area contributed by atoms with Crippen molar-refractivity contribution in [3.8, 4) is 0 Å². The first-order chi connectivity index (χ1) is 21.7. The van der Waals surface area contributed by atoms with Crippen LogP contribution >= 0.6 is 0 Å². The molecule has 3 unspecified atom stereocenters. The molecule has 1 aliphatic carbocycles. The summed E-state index contributed by atoms with van der Waals surface area (Å²) in [5.74, 6) is 0.238. The molecule has 2 aromatic carbocycles. The van der Waals surface area contributed by atoms with Crippen molar-refractivity contribution >= 4 is 5.97 Å². The van der Waals surface area contributed by atoms with Gasteiger partial charge in [0.2, 0.25) is 0 Å². The fourth-order valence-electron chi connectivity index (χ4n) is 8.17. The van der Waals surface area contributed by atoms with Gasteiger partial charge >= 0.3 is 12.1 Å². The molecule has 45 heavy (non-hydrogen) atoms. The van der Waals surface area contributed by atoms with Crippen LogP contribution in [0.5, 0.6) is 0 Å². The summed E-state index contributed by atoms with van der Waals surface area (Å²) in [5, 5.41) is 14.8. The normalized spacial score (nSPS) is 23.4. The van der Waals surface area contributed by atoms with Crippen LogP contribution in [0.4, 0.5) is 13.2 Å². The zero-order valence-electron chi connectivity index (χ0n) is 25.9. The molecule has 6 rings (SSSR count). The van der Waals surface area contributed by atoms with E-state index in [0.29, 0.717) is 18.0 Å². The number of carbonyl (C=O) groups is 1. The second kappa shape index (κ2) is 14.1. The number of nitrogens with zero attached hydrogens (tertiary/aromatic N) is 4. The van der Waals surface area contributed by atoms with Crippen molar-refractivity contribution in [1.29, 1.82) is 0 Å².